The van der Waals surface area contributed by atoms with Gasteiger partial charge in [-0.1, -0.05) is 24.3 Å². The normalized spacial score (nSPS) is 28.2. The Bertz CT molecular complexity index is 653. The van der Waals surface area contributed by atoms with Gasteiger partial charge in [-0.3, -0.25) is 9.78 Å². The molecule has 0 radical (unpaired) electrons. The molecule has 1 saturated heterocycles. The number of epoxide rings is 1. The molecule has 94 valence electrons. The van der Waals surface area contributed by atoms with Crippen molar-refractivity contribution in [3.8, 4) is 0 Å². The van der Waals surface area contributed by atoms with Gasteiger partial charge in [0.1, 0.15) is 6.10 Å². The molecule has 2 atom stereocenters. The zero-order valence-electron chi connectivity index (χ0n) is 10.4. The van der Waals surface area contributed by atoms with Crippen LogP contribution < -0.4 is 0 Å². The zero-order valence-corrected chi connectivity index (χ0v) is 10.4. The second-order valence-electron chi connectivity index (χ2n) is 5.15. The summed E-state index contributed by atoms with van der Waals surface area (Å²) in [4.78, 5) is 16.6. The van der Waals surface area contributed by atoms with Gasteiger partial charge in [-0.2, -0.15) is 0 Å². The summed E-state index contributed by atoms with van der Waals surface area (Å²) in [5.74, 6) is 0.135. The Morgan fingerprint density at radius 2 is 1.95 bits per heavy atom. The van der Waals surface area contributed by atoms with Gasteiger partial charge in [0, 0.05) is 18.0 Å². The minimum absolute atomic E-state index is 0.101. The summed E-state index contributed by atoms with van der Waals surface area (Å²) in [6.45, 7) is 0. The highest BCUT2D eigenvalue weighted by Crippen LogP contribution is 2.56. The average Bonchev–Trinajstić information content (AvgIpc) is 3.20. The van der Waals surface area contributed by atoms with Gasteiger partial charge in [0.15, 0.2) is 11.4 Å². The smallest absolute Gasteiger partial charge is 0.198 e. The van der Waals surface area contributed by atoms with Crippen LogP contribution in [0.5, 0.6) is 0 Å². The van der Waals surface area contributed by atoms with Gasteiger partial charge < -0.3 is 4.74 Å². The molecule has 0 bridgehead atoms. The number of pyridine rings is 1. The van der Waals surface area contributed by atoms with Crippen LogP contribution in [0.15, 0.2) is 48.8 Å². The topological polar surface area (TPSA) is 42.5 Å². The summed E-state index contributed by atoms with van der Waals surface area (Å²) >= 11 is 0. The molecule has 2 aromatic rings. The van der Waals surface area contributed by atoms with Crippen LogP contribution in [-0.4, -0.2) is 16.4 Å². The summed E-state index contributed by atoms with van der Waals surface area (Å²) in [7, 11) is 0. The molecule has 3 nitrogen and oxygen atoms in total. The summed E-state index contributed by atoms with van der Waals surface area (Å²) < 4.78 is 5.82. The molecule has 3 heteroatoms. The zero-order chi connectivity index (χ0) is 12.9. The van der Waals surface area contributed by atoms with Crippen LogP contribution >= 0.6 is 0 Å². The summed E-state index contributed by atoms with van der Waals surface area (Å²) in [5.41, 5.74) is 2.39. The average molecular weight is 251 g/mol. The first-order valence-corrected chi connectivity index (χ1v) is 6.52. The molecule has 2 aliphatic rings. The minimum Gasteiger partial charge on any atom is -0.352 e. The number of aryl methyl sites for hydroxylation is 1. The van der Waals surface area contributed by atoms with Crippen molar-refractivity contribution < 1.29 is 9.53 Å². The summed E-state index contributed by atoms with van der Waals surface area (Å²) in [6.07, 6.45) is 5.06. The fourth-order valence-electron chi connectivity index (χ4n) is 3.04. The van der Waals surface area contributed by atoms with Crippen molar-refractivity contribution in [2.75, 3.05) is 0 Å². The Morgan fingerprint density at radius 3 is 2.79 bits per heavy atom. The fourth-order valence-corrected chi connectivity index (χ4v) is 3.04. The van der Waals surface area contributed by atoms with Gasteiger partial charge >= 0.3 is 0 Å². The second kappa shape index (κ2) is 3.75. The van der Waals surface area contributed by atoms with E-state index in [0.717, 1.165) is 29.5 Å². The molecule has 1 fully saturated rings. The maximum atomic E-state index is 12.6. The molecule has 2 heterocycles. The molecule has 0 N–H and O–H groups in total. The lowest BCUT2D eigenvalue weighted by atomic mass is 9.79. The second-order valence-corrected chi connectivity index (χ2v) is 5.15. The number of hydrogen-bond donors (Lipinski definition) is 0. The van der Waals surface area contributed by atoms with Gasteiger partial charge in [-0.05, 0) is 36.1 Å². The maximum absolute atomic E-state index is 12.6. The van der Waals surface area contributed by atoms with Crippen LogP contribution in [0.3, 0.4) is 0 Å². The van der Waals surface area contributed by atoms with Crippen LogP contribution in [0.2, 0.25) is 0 Å². The van der Waals surface area contributed by atoms with Gasteiger partial charge in [0.05, 0.1) is 0 Å². The molecule has 0 amide bonds. The van der Waals surface area contributed by atoms with Crippen molar-refractivity contribution in [2.45, 2.75) is 24.5 Å². The number of aromatic nitrogens is 1. The van der Waals surface area contributed by atoms with Crippen molar-refractivity contribution >= 4 is 5.78 Å². The Balaban J connectivity index is 1.71. The van der Waals surface area contributed by atoms with Gasteiger partial charge in [0.2, 0.25) is 0 Å². The van der Waals surface area contributed by atoms with E-state index in [1.54, 1.807) is 12.4 Å². The Kier molecular flexibility index (Phi) is 2.15. The molecule has 1 aliphatic heterocycles. The predicted molar refractivity (Wildman–Crippen MR) is 69.9 cm³/mol. The largest absolute Gasteiger partial charge is 0.352 e. The summed E-state index contributed by atoms with van der Waals surface area (Å²) in [5, 5.41) is 0. The van der Waals surface area contributed by atoms with Crippen molar-refractivity contribution in [2.24, 2.45) is 0 Å². The van der Waals surface area contributed by atoms with E-state index in [1.165, 1.54) is 0 Å². The number of carbonyl (C=O) groups is 1. The standard InChI is InChI=1S/C16H13NO2/c18-14-13-4-2-1-3-11(13)5-8-16(14)15(19-16)12-6-9-17-10-7-12/h1-4,6-7,9-10,15H,5,8H2/t15-,16+/m0/s1. The molecule has 19 heavy (non-hydrogen) atoms. The monoisotopic (exact) mass is 251 g/mol. The van der Waals surface area contributed by atoms with E-state index in [-0.39, 0.29) is 11.9 Å². The van der Waals surface area contributed by atoms with E-state index < -0.39 is 5.60 Å². The number of carbonyl (C=O) groups excluding carboxylic acids is 1. The minimum atomic E-state index is -0.615. The van der Waals surface area contributed by atoms with E-state index >= 15 is 0 Å². The highest BCUT2D eigenvalue weighted by atomic mass is 16.6. The van der Waals surface area contributed by atoms with Gasteiger partial charge in [-0.15, -0.1) is 0 Å². The first kappa shape index (κ1) is 10.9. The molecule has 0 unspecified atom stereocenters. The molecule has 1 aliphatic carbocycles. The third kappa shape index (κ3) is 1.48. The first-order valence-electron chi connectivity index (χ1n) is 6.52. The summed E-state index contributed by atoms with van der Waals surface area (Å²) in [6, 6.07) is 11.7. The molecular weight excluding hydrogens is 238 g/mol. The lowest BCUT2D eigenvalue weighted by Crippen LogP contribution is -2.31. The Labute approximate surface area is 111 Å². The number of fused-ring (bicyclic) bond motifs is 1. The number of hydrogen-bond acceptors (Lipinski definition) is 3. The van der Waals surface area contributed by atoms with Crippen molar-refractivity contribution in [3.63, 3.8) is 0 Å². The highest BCUT2D eigenvalue weighted by Gasteiger charge is 2.63. The molecule has 4 rings (SSSR count). The number of ketones is 1. The highest BCUT2D eigenvalue weighted by molar-refractivity contribution is 6.07. The third-order valence-electron chi connectivity index (χ3n) is 4.12. The lowest BCUT2D eigenvalue weighted by molar-refractivity contribution is 0.0850. The number of nitrogens with zero attached hydrogens (tertiary/aromatic N) is 1. The number of rotatable bonds is 1. The number of Topliss-reactive ketones (excluding diaryl/α,β-unsaturated/α-hetero) is 1. The van der Waals surface area contributed by atoms with E-state index in [4.69, 9.17) is 4.74 Å². The SMILES string of the molecule is O=C1c2ccccc2CC[C@@]12O[C@H]2c1ccncc1. The first-order chi connectivity index (χ1) is 9.31. The van der Waals surface area contributed by atoms with Crippen LogP contribution in [0, 0.1) is 0 Å². The van der Waals surface area contributed by atoms with Crippen LogP contribution in [0.4, 0.5) is 0 Å². The maximum Gasteiger partial charge on any atom is 0.198 e. The van der Waals surface area contributed by atoms with Gasteiger partial charge in [-0.25, -0.2) is 0 Å². The molecule has 1 spiro atoms. The Hall–Kier alpha value is -2.00. The molecule has 1 aromatic carbocycles. The van der Waals surface area contributed by atoms with Crippen LogP contribution in [0.25, 0.3) is 0 Å². The van der Waals surface area contributed by atoms with E-state index in [9.17, 15) is 4.79 Å². The quantitative estimate of drug-likeness (QED) is 0.732. The molecule has 0 saturated carbocycles. The third-order valence-corrected chi connectivity index (χ3v) is 4.12. The van der Waals surface area contributed by atoms with Gasteiger partial charge in [0.25, 0.3) is 0 Å². The number of benzene rings is 1. The van der Waals surface area contributed by atoms with Crippen molar-refractivity contribution in [1.82, 2.24) is 4.98 Å². The lowest BCUT2D eigenvalue weighted by Gasteiger charge is -2.20. The van der Waals surface area contributed by atoms with Crippen LogP contribution in [0.1, 0.15) is 34.0 Å². The van der Waals surface area contributed by atoms with E-state index in [0.29, 0.717) is 0 Å². The van der Waals surface area contributed by atoms with Crippen LogP contribution in [-0.2, 0) is 11.2 Å². The molecule has 1 aromatic heterocycles. The van der Waals surface area contributed by atoms with E-state index in [1.807, 2.05) is 36.4 Å². The van der Waals surface area contributed by atoms with E-state index in [2.05, 4.69) is 4.98 Å². The molecular formula is C16H13NO2. The number of ether oxygens (including phenoxy) is 1. The Morgan fingerprint density at radius 1 is 1.16 bits per heavy atom. The predicted octanol–water partition coefficient (Wildman–Crippen LogP) is 2.72. The fraction of sp³-hybridized carbons (Fsp3) is 0.250. The van der Waals surface area contributed by atoms with Crippen molar-refractivity contribution in [3.05, 3.63) is 65.5 Å². The van der Waals surface area contributed by atoms with Crippen molar-refractivity contribution in [1.29, 1.82) is 0 Å².